The Balaban J connectivity index is 2.20. The van der Waals surface area contributed by atoms with E-state index < -0.39 is 22.5 Å². The van der Waals surface area contributed by atoms with Crippen LogP contribution in [0.4, 0.5) is 11.4 Å². The number of amides is 2. The van der Waals surface area contributed by atoms with E-state index in [1.54, 1.807) is 36.4 Å². The van der Waals surface area contributed by atoms with Crippen LogP contribution in [0.5, 0.6) is 0 Å². The lowest BCUT2D eigenvalue weighted by Gasteiger charge is -2.22. The zero-order chi connectivity index (χ0) is 20.7. The second-order valence-corrected chi connectivity index (χ2v) is 8.44. The summed E-state index contributed by atoms with van der Waals surface area (Å²) in [6.07, 6.45) is 1.80. The Morgan fingerprint density at radius 3 is 2.32 bits per heavy atom. The molecular weight excluding hydrogens is 402 g/mol. The van der Waals surface area contributed by atoms with E-state index in [-0.39, 0.29) is 5.91 Å². The Morgan fingerprint density at radius 1 is 1.07 bits per heavy atom. The molecule has 2 rings (SSSR count). The van der Waals surface area contributed by atoms with Gasteiger partial charge in [-0.1, -0.05) is 30.7 Å². The third-order valence-electron chi connectivity index (χ3n) is 3.78. The Labute approximate surface area is 169 Å². The molecule has 0 aromatic heterocycles. The monoisotopic (exact) mass is 423 g/mol. The molecule has 0 aliphatic carbocycles. The van der Waals surface area contributed by atoms with E-state index in [1.165, 1.54) is 12.1 Å². The third-order valence-corrected chi connectivity index (χ3v) is 5.18. The van der Waals surface area contributed by atoms with E-state index in [2.05, 4.69) is 10.6 Å². The molecule has 0 unspecified atom stereocenters. The topological polar surface area (TPSA) is 95.6 Å². The molecule has 7 nitrogen and oxygen atoms in total. The molecule has 2 N–H and O–H groups in total. The lowest BCUT2D eigenvalue weighted by atomic mass is 10.1. The minimum atomic E-state index is -3.71. The van der Waals surface area contributed by atoms with Crippen molar-refractivity contribution in [1.82, 2.24) is 5.32 Å². The van der Waals surface area contributed by atoms with Crippen LogP contribution < -0.4 is 14.9 Å². The average molecular weight is 424 g/mol. The van der Waals surface area contributed by atoms with Crippen molar-refractivity contribution in [3.05, 3.63) is 59.1 Å². The maximum Gasteiger partial charge on any atom is 0.253 e. The van der Waals surface area contributed by atoms with Gasteiger partial charge in [0.1, 0.15) is 6.54 Å². The average Bonchev–Trinajstić information content (AvgIpc) is 2.64. The highest BCUT2D eigenvalue weighted by atomic mass is 35.5. The number of benzene rings is 2. The van der Waals surface area contributed by atoms with Gasteiger partial charge in [0.15, 0.2) is 0 Å². The molecule has 0 heterocycles. The zero-order valence-corrected chi connectivity index (χ0v) is 17.2. The van der Waals surface area contributed by atoms with Crippen molar-refractivity contribution in [2.45, 2.75) is 13.3 Å². The van der Waals surface area contributed by atoms with Gasteiger partial charge in [0.05, 0.1) is 23.2 Å². The third kappa shape index (κ3) is 5.97. The maximum atomic E-state index is 12.5. The molecule has 0 spiro atoms. The second kappa shape index (κ2) is 9.57. The Hall–Kier alpha value is -2.58. The summed E-state index contributed by atoms with van der Waals surface area (Å²) >= 11 is 5.84. The summed E-state index contributed by atoms with van der Waals surface area (Å²) in [6, 6.07) is 12.7. The quantitative estimate of drug-likeness (QED) is 0.682. The Bertz CT molecular complexity index is 946. The second-order valence-electron chi connectivity index (χ2n) is 6.10. The van der Waals surface area contributed by atoms with Crippen molar-refractivity contribution >= 4 is 44.8 Å². The Morgan fingerprint density at radius 2 is 1.71 bits per heavy atom. The first-order valence-corrected chi connectivity index (χ1v) is 10.9. The first-order chi connectivity index (χ1) is 13.2. The zero-order valence-electron chi connectivity index (χ0n) is 15.6. The van der Waals surface area contributed by atoms with Crippen molar-refractivity contribution in [2.75, 3.05) is 29.0 Å². The van der Waals surface area contributed by atoms with E-state index in [0.29, 0.717) is 28.5 Å². The smallest absolute Gasteiger partial charge is 0.253 e. The first-order valence-electron chi connectivity index (χ1n) is 8.62. The predicted octanol–water partition coefficient (Wildman–Crippen LogP) is 2.88. The molecule has 2 amide bonds. The van der Waals surface area contributed by atoms with Crippen molar-refractivity contribution in [1.29, 1.82) is 0 Å². The van der Waals surface area contributed by atoms with Gasteiger partial charge < -0.3 is 10.6 Å². The van der Waals surface area contributed by atoms with E-state index >= 15 is 0 Å². The normalized spacial score (nSPS) is 11.0. The summed E-state index contributed by atoms with van der Waals surface area (Å²) in [5.41, 5.74) is 0.934. The molecule has 0 bridgehead atoms. The number of rotatable bonds is 8. The summed E-state index contributed by atoms with van der Waals surface area (Å²) in [5.74, 6) is -0.883. The number of carbonyl (C=O) groups is 2. The molecule has 0 saturated heterocycles. The Kier molecular flexibility index (Phi) is 7.42. The number of hydrogen-bond donors (Lipinski definition) is 2. The van der Waals surface area contributed by atoms with E-state index in [0.717, 1.165) is 17.0 Å². The van der Waals surface area contributed by atoms with Crippen LogP contribution in [0.3, 0.4) is 0 Å². The fourth-order valence-corrected chi connectivity index (χ4v) is 3.43. The molecule has 28 heavy (non-hydrogen) atoms. The largest absolute Gasteiger partial charge is 0.352 e. The fraction of sp³-hybridized carbons (Fsp3) is 0.263. The van der Waals surface area contributed by atoms with E-state index in [9.17, 15) is 18.0 Å². The predicted molar refractivity (Wildman–Crippen MR) is 111 cm³/mol. The lowest BCUT2D eigenvalue weighted by Crippen LogP contribution is -2.37. The van der Waals surface area contributed by atoms with Crippen molar-refractivity contribution in [3.63, 3.8) is 0 Å². The van der Waals surface area contributed by atoms with Crippen LogP contribution in [-0.2, 0) is 14.8 Å². The SMILES string of the molecule is CCCNC(=O)c1ccccc1NC(=O)CN(c1ccc(Cl)cc1)S(C)(=O)=O. The summed E-state index contributed by atoms with van der Waals surface area (Å²) < 4.78 is 25.3. The van der Waals surface area contributed by atoms with Gasteiger partial charge in [0, 0.05) is 11.6 Å². The number of para-hydroxylation sites is 1. The number of carbonyl (C=O) groups excluding carboxylic acids is 2. The van der Waals surface area contributed by atoms with Gasteiger partial charge in [0.2, 0.25) is 15.9 Å². The van der Waals surface area contributed by atoms with Gasteiger partial charge in [0.25, 0.3) is 5.91 Å². The lowest BCUT2D eigenvalue weighted by molar-refractivity contribution is -0.114. The first kappa shape index (κ1) is 21.7. The standard InChI is InChI=1S/C19H22ClN3O4S/c1-3-12-21-19(25)16-6-4-5-7-17(16)22-18(24)13-23(28(2,26)27)15-10-8-14(20)9-11-15/h4-11H,3,12-13H2,1-2H3,(H,21,25)(H,22,24). The van der Waals surface area contributed by atoms with Gasteiger partial charge in [-0.25, -0.2) is 8.42 Å². The number of nitrogens with zero attached hydrogens (tertiary/aromatic N) is 1. The highest BCUT2D eigenvalue weighted by molar-refractivity contribution is 7.92. The number of nitrogens with one attached hydrogen (secondary N) is 2. The fourth-order valence-electron chi connectivity index (χ4n) is 2.45. The van der Waals surface area contributed by atoms with Crippen LogP contribution in [0.25, 0.3) is 0 Å². The highest BCUT2D eigenvalue weighted by Gasteiger charge is 2.22. The molecule has 2 aromatic carbocycles. The molecule has 0 atom stereocenters. The number of anilines is 2. The summed E-state index contributed by atoms with van der Waals surface area (Å²) in [7, 11) is -3.71. The van der Waals surface area contributed by atoms with Crippen LogP contribution in [0.15, 0.2) is 48.5 Å². The van der Waals surface area contributed by atoms with Crippen LogP contribution >= 0.6 is 11.6 Å². The molecule has 0 aliphatic rings. The highest BCUT2D eigenvalue weighted by Crippen LogP contribution is 2.21. The minimum Gasteiger partial charge on any atom is -0.352 e. The van der Waals surface area contributed by atoms with Gasteiger partial charge in [-0.15, -0.1) is 0 Å². The van der Waals surface area contributed by atoms with E-state index in [1.807, 2.05) is 6.92 Å². The molecule has 0 saturated carbocycles. The van der Waals surface area contributed by atoms with Gasteiger partial charge in [-0.05, 0) is 42.8 Å². The minimum absolute atomic E-state index is 0.307. The summed E-state index contributed by atoms with van der Waals surface area (Å²) in [6.45, 7) is 2.01. The molecule has 0 radical (unpaired) electrons. The van der Waals surface area contributed by atoms with Crippen molar-refractivity contribution in [2.24, 2.45) is 0 Å². The van der Waals surface area contributed by atoms with Gasteiger partial charge in [-0.3, -0.25) is 13.9 Å². The van der Waals surface area contributed by atoms with Gasteiger partial charge >= 0.3 is 0 Å². The maximum absolute atomic E-state index is 12.5. The van der Waals surface area contributed by atoms with Crippen LogP contribution in [0.2, 0.25) is 5.02 Å². The van der Waals surface area contributed by atoms with Crippen LogP contribution in [0, 0.1) is 0 Å². The summed E-state index contributed by atoms with van der Waals surface area (Å²) in [4.78, 5) is 24.8. The molecule has 2 aromatic rings. The molecule has 150 valence electrons. The number of halogens is 1. The molecule has 0 aliphatic heterocycles. The molecule has 0 fully saturated rings. The van der Waals surface area contributed by atoms with Crippen LogP contribution in [0.1, 0.15) is 23.7 Å². The van der Waals surface area contributed by atoms with Crippen molar-refractivity contribution in [3.8, 4) is 0 Å². The van der Waals surface area contributed by atoms with Gasteiger partial charge in [-0.2, -0.15) is 0 Å². The summed E-state index contributed by atoms with van der Waals surface area (Å²) in [5, 5.41) is 5.82. The van der Waals surface area contributed by atoms with Crippen LogP contribution in [-0.4, -0.2) is 39.6 Å². The number of sulfonamides is 1. The molecular formula is C19H22ClN3O4S. The number of hydrogen-bond acceptors (Lipinski definition) is 4. The van der Waals surface area contributed by atoms with Crippen molar-refractivity contribution < 1.29 is 18.0 Å². The molecule has 9 heteroatoms. The van der Waals surface area contributed by atoms with E-state index in [4.69, 9.17) is 11.6 Å².